The van der Waals surface area contributed by atoms with E-state index in [-0.39, 0.29) is 34.6 Å². The van der Waals surface area contributed by atoms with Gasteiger partial charge in [0.05, 0.1) is 30.0 Å². The number of halogens is 2. The number of anilines is 3. The molecule has 2 saturated carbocycles. The Bertz CT molecular complexity index is 1130. The minimum Gasteiger partial charge on any atom is -0.494 e. The molecule has 2 aliphatic rings. The van der Waals surface area contributed by atoms with Gasteiger partial charge in [0.25, 0.3) is 5.92 Å². The number of nitrogens with zero attached hydrogens (tertiary/aromatic N) is 1. The lowest BCUT2D eigenvalue weighted by molar-refractivity contribution is -0.117. The lowest BCUT2D eigenvalue weighted by Gasteiger charge is -2.17. The van der Waals surface area contributed by atoms with Crippen LogP contribution in [0.15, 0.2) is 43.1 Å². The summed E-state index contributed by atoms with van der Waals surface area (Å²) < 4.78 is 32.5. The number of rotatable bonds is 8. The van der Waals surface area contributed by atoms with Crippen LogP contribution in [0.2, 0.25) is 0 Å². The Kier molecular flexibility index (Phi) is 9.84. The number of ether oxygens (including phenoxy) is 1. The average molecular weight is 501 g/mol. The highest BCUT2D eigenvalue weighted by atomic mass is 19.3. The summed E-state index contributed by atoms with van der Waals surface area (Å²) in [6.45, 7) is 10.9. The maximum atomic E-state index is 13.5. The minimum atomic E-state index is -3.01. The molecule has 1 unspecified atom stereocenters. The molecule has 1 aromatic carbocycles. The van der Waals surface area contributed by atoms with Gasteiger partial charge in [0.1, 0.15) is 5.82 Å². The second kappa shape index (κ2) is 12.4. The van der Waals surface area contributed by atoms with Gasteiger partial charge in [0, 0.05) is 35.9 Å². The number of amides is 1. The molecule has 3 N–H and O–H groups in total. The zero-order valence-corrected chi connectivity index (χ0v) is 21.4. The molecular weight excluding hydrogens is 466 g/mol. The molecule has 2 aromatic rings. The molecule has 1 aromatic heterocycles. The van der Waals surface area contributed by atoms with Crippen LogP contribution in [0.3, 0.4) is 0 Å². The van der Waals surface area contributed by atoms with Gasteiger partial charge in [-0.2, -0.15) is 0 Å². The molecule has 1 amide bonds. The summed E-state index contributed by atoms with van der Waals surface area (Å²) in [6, 6.07) is 6.58. The van der Waals surface area contributed by atoms with Crippen molar-refractivity contribution >= 4 is 34.6 Å². The molecule has 0 saturated heterocycles. The van der Waals surface area contributed by atoms with E-state index in [0.717, 1.165) is 12.8 Å². The van der Waals surface area contributed by atoms with Gasteiger partial charge in [0.2, 0.25) is 5.91 Å². The third kappa shape index (κ3) is 6.96. The van der Waals surface area contributed by atoms with Crippen LogP contribution in [0, 0.1) is 17.2 Å². The molecule has 4 rings (SSSR count). The molecule has 9 heteroatoms. The quantitative estimate of drug-likeness (QED) is 0.214. The first-order valence-electron chi connectivity index (χ1n) is 11.9. The second-order valence-corrected chi connectivity index (χ2v) is 8.31. The number of benzene rings is 1. The molecule has 0 radical (unpaired) electrons. The summed E-state index contributed by atoms with van der Waals surface area (Å²) in [4.78, 5) is 28.9. The second-order valence-electron chi connectivity index (χ2n) is 8.31. The number of carbonyl (C=O) groups is 2. The van der Waals surface area contributed by atoms with Gasteiger partial charge in [0.15, 0.2) is 11.5 Å². The Morgan fingerprint density at radius 3 is 2.33 bits per heavy atom. The van der Waals surface area contributed by atoms with Gasteiger partial charge in [-0.15, -0.1) is 6.58 Å². The van der Waals surface area contributed by atoms with E-state index in [4.69, 9.17) is 10.1 Å². The van der Waals surface area contributed by atoms with Gasteiger partial charge in [-0.05, 0) is 38.8 Å². The van der Waals surface area contributed by atoms with E-state index in [0.29, 0.717) is 17.0 Å². The number of hydrogen-bond acceptors (Lipinski definition) is 6. The number of nitrogens with one attached hydrogen (secondary N) is 3. The maximum Gasteiger partial charge on any atom is 0.259 e. The predicted octanol–water partition coefficient (Wildman–Crippen LogP) is 6.63. The van der Waals surface area contributed by atoms with Crippen molar-refractivity contribution in [1.29, 1.82) is 5.41 Å². The summed E-state index contributed by atoms with van der Waals surface area (Å²) in [5.74, 6) is -4.70. The van der Waals surface area contributed by atoms with Gasteiger partial charge in [-0.25, -0.2) is 13.8 Å². The standard InChI is InChI=1S/C22H22F2N4O3.C3H6.C2H6/c1-11(25)13-4-3-5-16(20(13)31-2)27-17-8-18(28-21(30)12-6-7-12)26-10-14(17)19(29)15-9-22(15,23)24;1-3-2;1-2/h3-5,8,10,12,15,25H,6-7,9H2,1-2H3,(H2,26,27,28,30);3H,1H2,2H3;1-2H3. The van der Waals surface area contributed by atoms with Gasteiger partial charge in [-0.3, -0.25) is 9.59 Å². The summed E-state index contributed by atoms with van der Waals surface area (Å²) in [5, 5.41) is 13.7. The molecule has 0 aliphatic heterocycles. The number of ketones is 1. The summed E-state index contributed by atoms with van der Waals surface area (Å²) in [5.41, 5.74) is 1.51. The molecule has 0 bridgehead atoms. The Balaban J connectivity index is 0.000000850. The van der Waals surface area contributed by atoms with E-state index in [1.165, 1.54) is 19.4 Å². The van der Waals surface area contributed by atoms with Crippen LogP contribution >= 0.6 is 0 Å². The largest absolute Gasteiger partial charge is 0.494 e. The van der Waals surface area contributed by atoms with Crippen molar-refractivity contribution in [3.8, 4) is 5.75 Å². The van der Waals surface area contributed by atoms with Crippen molar-refractivity contribution in [3.05, 3.63) is 54.2 Å². The Morgan fingerprint density at radius 2 is 1.83 bits per heavy atom. The van der Waals surface area contributed by atoms with Crippen LogP contribution in [-0.2, 0) is 4.79 Å². The first-order valence-corrected chi connectivity index (χ1v) is 11.9. The molecule has 194 valence electrons. The van der Waals surface area contributed by atoms with Gasteiger partial charge < -0.3 is 20.8 Å². The number of para-hydroxylation sites is 1. The molecule has 2 fully saturated rings. The molecular formula is C27H34F2N4O3. The van der Waals surface area contributed by atoms with Crippen LogP contribution in [0.4, 0.5) is 26.0 Å². The van der Waals surface area contributed by atoms with Crippen molar-refractivity contribution in [3.63, 3.8) is 0 Å². The third-order valence-electron chi connectivity index (χ3n) is 5.40. The first kappa shape index (κ1) is 28.6. The number of Topliss-reactive ketones (excluding diaryl/α,β-unsaturated/α-hetero) is 1. The highest BCUT2D eigenvalue weighted by Crippen LogP contribution is 2.51. The van der Waals surface area contributed by atoms with Crippen molar-refractivity contribution < 1.29 is 23.1 Å². The van der Waals surface area contributed by atoms with Crippen LogP contribution < -0.4 is 15.4 Å². The number of alkyl halides is 2. The maximum absolute atomic E-state index is 13.5. The number of hydrogen-bond donors (Lipinski definition) is 3. The number of pyridine rings is 1. The number of aromatic nitrogens is 1. The lowest BCUT2D eigenvalue weighted by atomic mass is 10.1. The van der Waals surface area contributed by atoms with Crippen molar-refractivity contribution in [1.82, 2.24) is 4.98 Å². The topological polar surface area (TPSA) is 104 Å². The number of carbonyl (C=O) groups excluding carboxylic acids is 2. The summed E-state index contributed by atoms with van der Waals surface area (Å²) in [7, 11) is 1.46. The lowest BCUT2D eigenvalue weighted by Crippen LogP contribution is -2.16. The van der Waals surface area contributed by atoms with Crippen LogP contribution in [0.5, 0.6) is 5.75 Å². The summed E-state index contributed by atoms with van der Waals surface area (Å²) in [6.07, 6.45) is 4.10. The highest BCUT2D eigenvalue weighted by Gasteiger charge is 2.61. The predicted molar refractivity (Wildman–Crippen MR) is 139 cm³/mol. The van der Waals surface area contributed by atoms with E-state index < -0.39 is 24.0 Å². The van der Waals surface area contributed by atoms with Crippen molar-refractivity contribution in [2.45, 2.75) is 52.9 Å². The highest BCUT2D eigenvalue weighted by molar-refractivity contribution is 6.06. The zero-order valence-electron chi connectivity index (χ0n) is 21.4. The Labute approximate surface area is 210 Å². The number of allylic oxidation sites excluding steroid dienone is 1. The monoisotopic (exact) mass is 500 g/mol. The molecule has 2 aliphatic carbocycles. The van der Waals surface area contributed by atoms with Crippen molar-refractivity contribution in [2.75, 3.05) is 17.7 Å². The van der Waals surface area contributed by atoms with Crippen LogP contribution in [0.25, 0.3) is 0 Å². The molecule has 1 atom stereocenters. The smallest absolute Gasteiger partial charge is 0.259 e. The van der Waals surface area contributed by atoms with Gasteiger partial charge in [-0.1, -0.05) is 26.0 Å². The van der Waals surface area contributed by atoms with Crippen LogP contribution in [-0.4, -0.2) is 35.4 Å². The fraction of sp³-hybridized carbons (Fsp3) is 0.407. The van der Waals surface area contributed by atoms with Crippen LogP contribution in [0.1, 0.15) is 62.9 Å². The normalized spacial score (nSPS) is 16.7. The van der Waals surface area contributed by atoms with E-state index >= 15 is 0 Å². The van der Waals surface area contributed by atoms with E-state index in [9.17, 15) is 18.4 Å². The van der Waals surface area contributed by atoms with E-state index in [1.54, 1.807) is 31.2 Å². The first-order chi connectivity index (χ1) is 17.1. The third-order valence-corrected chi connectivity index (χ3v) is 5.40. The zero-order chi connectivity index (χ0) is 27.0. The Morgan fingerprint density at radius 1 is 1.22 bits per heavy atom. The van der Waals surface area contributed by atoms with Gasteiger partial charge >= 0.3 is 0 Å². The summed E-state index contributed by atoms with van der Waals surface area (Å²) >= 11 is 0. The minimum absolute atomic E-state index is 0.00521. The fourth-order valence-corrected chi connectivity index (χ4v) is 3.38. The molecule has 0 spiro atoms. The molecule has 1 heterocycles. The molecule has 7 nitrogen and oxygen atoms in total. The SMILES string of the molecule is C=CC.CC.COc1c(Nc2cc(NC(=O)C3CC3)ncc2C(=O)C2CC2(F)F)cccc1C(C)=N. The number of methoxy groups -OCH3 is 1. The van der Waals surface area contributed by atoms with Crippen molar-refractivity contribution in [2.24, 2.45) is 11.8 Å². The van der Waals surface area contributed by atoms with E-state index in [2.05, 4.69) is 22.2 Å². The van der Waals surface area contributed by atoms with E-state index in [1.807, 2.05) is 20.8 Å². The molecule has 36 heavy (non-hydrogen) atoms. The fourth-order valence-electron chi connectivity index (χ4n) is 3.38. The Hall–Kier alpha value is -3.62. The average Bonchev–Trinajstić information content (AvgIpc) is 3.77.